The van der Waals surface area contributed by atoms with Crippen LogP contribution in [0.5, 0.6) is 0 Å². The van der Waals surface area contributed by atoms with E-state index in [0.29, 0.717) is 23.3 Å². The summed E-state index contributed by atoms with van der Waals surface area (Å²) in [6, 6.07) is 0. The molecule has 0 radical (unpaired) electrons. The summed E-state index contributed by atoms with van der Waals surface area (Å²) >= 11 is 0. The van der Waals surface area contributed by atoms with Crippen LogP contribution in [0, 0.1) is 27.7 Å². The van der Waals surface area contributed by atoms with Crippen molar-refractivity contribution in [3.05, 3.63) is 23.0 Å². The molecular formula is C10H14N6. The van der Waals surface area contributed by atoms with Gasteiger partial charge in [0.15, 0.2) is 5.82 Å². The van der Waals surface area contributed by atoms with E-state index in [0.717, 1.165) is 11.4 Å². The molecule has 0 aliphatic carbocycles. The Morgan fingerprint density at radius 1 is 0.938 bits per heavy atom. The van der Waals surface area contributed by atoms with Crippen molar-refractivity contribution < 1.29 is 0 Å². The summed E-state index contributed by atoms with van der Waals surface area (Å²) in [6.45, 7) is 7.41. The van der Waals surface area contributed by atoms with Crippen LogP contribution >= 0.6 is 0 Å². The molecular weight excluding hydrogens is 204 g/mol. The van der Waals surface area contributed by atoms with E-state index in [4.69, 9.17) is 5.73 Å². The molecule has 0 fully saturated rings. The van der Waals surface area contributed by atoms with Gasteiger partial charge in [-0.3, -0.25) is 0 Å². The highest BCUT2D eigenvalue weighted by Crippen LogP contribution is 2.16. The second-order valence-electron chi connectivity index (χ2n) is 3.72. The molecule has 0 aromatic carbocycles. The summed E-state index contributed by atoms with van der Waals surface area (Å²) in [5.74, 6) is 3.31. The minimum absolute atomic E-state index is 0.482. The monoisotopic (exact) mass is 218 g/mol. The molecule has 0 atom stereocenters. The summed E-state index contributed by atoms with van der Waals surface area (Å²) in [5, 5.41) is 4.28. The predicted molar refractivity (Wildman–Crippen MR) is 60.3 cm³/mol. The van der Waals surface area contributed by atoms with Gasteiger partial charge in [-0.05, 0) is 27.7 Å². The number of aryl methyl sites for hydroxylation is 3. The molecule has 6 nitrogen and oxygen atoms in total. The third kappa shape index (κ3) is 1.62. The van der Waals surface area contributed by atoms with Crippen LogP contribution < -0.4 is 5.73 Å². The largest absolute Gasteiger partial charge is 0.383 e. The molecule has 2 rings (SSSR count). The Hall–Kier alpha value is -1.98. The molecule has 0 saturated carbocycles. The first-order chi connectivity index (χ1) is 7.49. The lowest BCUT2D eigenvalue weighted by Crippen LogP contribution is -2.10. The fourth-order valence-corrected chi connectivity index (χ4v) is 1.56. The summed E-state index contributed by atoms with van der Waals surface area (Å²) in [7, 11) is 0. The molecule has 16 heavy (non-hydrogen) atoms. The third-order valence-electron chi connectivity index (χ3n) is 2.35. The molecule has 0 spiro atoms. The summed E-state index contributed by atoms with van der Waals surface area (Å²) in [5.41, 5.74) is 6.62. The van der Waals surface area contributed by atoms with Crippen molar-refractivity contribution in [3.63, 3.8) is 0 Å². The topological polar surface area (TPSA) is 82.5 Å². The molecule has 0 aliphatic rings. The van der Waals surface area contributed by atoms with Gasteiger partial charge >= 0.3 is 0 Å². The van der Waals surface area contributed by atoms with Crippen molar-refractivity contribution in [2.75, 3.05) is 5.73 Å². The number of anilines is 1. The van der Waals surface area contributed by atoms with Crippen molar-refractivity contribution in [2.45, 2.75) is 27.7 Å². The number of aromatic nitrogens is 5. The normalized spacial score (nSPS) is 10.8. The maximum absolute atomic E-state index is 5.80. The van der Waals surface area contributed by atoms with Gasteiger partial charge in [-0.2, -0.15) is 4.68 Å². The molecule has 0 amide bonds. The minimum Gasteiger partial charge on any atom is -0.383 e. The second-order valence-corrected chi connectivity index (χ2v) is 3.72. The van der Waals surface area contributed by atoms with Crippen molar-refractivity contribution in [1.82, 2.24) is 24.7 Å². The van der Waals surface area contributed by atoms with E-state index >= 15 is 0 Å². The van der Waals surface area contributed by atoms with E-state index in [9.17, 15) is 0 Å². The lowest BCUT2D eigenvalue weighted by Gasteiger charge is -2.08. The number of nitrogen functional groups attached to an aromatic ring is 1. The highest BCUT2D eigenvalue weighted by atomic mass is 15.4. The van der Waals surface area contributed by atoms with E-state index in [1.54, 1.807) is 11.6 Å². The van der Waals surface area contributed by atoms with Gasteiger partial charge in [0.1, 0.15) is 23.3 Å². The minimum atomic E-state index is 0.482. The van der Waals surface area contributed by atoms with Gasteiger partial charge in [0.2, 0.25) is 0 Å². The average molecular weight is 218 g/mol. The zero-order valence-electron chi connectivity index (χ0n) is 9.81. The lowest BCUT2D eigenvalue weighted by molar-refractivity contribution is 0.783. The quantitative estimate of drug-likeness (QED) is 0.768. The van der Waals surface area contributed by atoms with Gasteiger partial charge in [-0.1, -0.05) is 0 Å². The Balaban J connectivity index is 2.68. The average Bonchev–Trinajstić information content (AvgIpc) is 2.51. The highest BCUT2D eigenvalue weighted by Gasteiger charge is 2.12. The summed E-state index contributed by atoms with van der Waals surface area (Å²) in [4.78, 5) is 12.7. The van der Waals surface area contributed by atoms with Crippen molar-refractivity contribution in [2.24, 2.45) is 0 Å². The number of hydrogen-bond donors (Lipinski definition) is 1. The van der Waals surface area contributed by atoms with E-state index in [2.05, 4.69) is 20.1 Å². The Morgan fingerprint density at radius 2 is 1.62 bits per heavy atom. The first-order valence-corrected chi connectivity index (χ1v) is 5.00. The van der Waals surface area contributed by atoms with Crippen LogP contribution in [0.25, 0.3) is 5.82 Å². The van der Waals surface area contributed by atoms with Crippen LogP contribution in [-0.2, 0) is 0 Å². The van der Waals surface area contributed by atoms with Gasteiger partial charge < -0.3 is 5.73 Å². The standard InChI is InChI=1S/C10H14N6/c1-5-9(11)13-6(2)14-10(5)16-8(4)12-7(3)15-16/h1-4H3,(H2,11,13,14). The Bertz CT molecular complexity index is 542. The molecule has 6 heteroatoms. The fourth-order valence-electron chi connectivity index (χ4n) is 1.56. The predicted octanol–water partition coefficient (Wildman–Crippen LogP) is 0.873. The van der Waals surface area contributed by atoms with E-state index in [1.165, 1.54) is 0 Å². The Labute approximate surface area is 93.6 Å². The molecule has 84 valence electrons. The zero-order valence-corrected chi connectivity index (χ0v) is 9.81. The van der Waals surface area contributed by atoms with Crippen LogP contribution in [0.3, 0.4) is 0 Å². The molecule has 2 aromatic heterocycles. The maximum atomic E-state index is 5.80. The maximum Gasteiger partial charge on any atom is 0.164 e. The third-order valence-corrected chi connectivity index (χ3v) is 2.35. The number of nitrogens with two attached hydrogens (primary N) is 1. The van der Waals surface area contributed by atoms with Crippen LogP contribution in [0.4, 0.5) is 5.82 Å². The van der Waals surface area contributed by atoms with Crippen molar-refractivity contribution in [1.29, 1.82) is 0 Å². The van der Waals surface area contributed by atoms with Crippen LogP contribution in [0.1, 0.15) is 23.0 Å². The summed E-state index contributed by atoms with van der Waals surface area (Å²) < 4.78 is 1.69. The smallest absolute Gasteiger partial charge is 0.164 e. The van der Waals surface area contributed by atoms with Crippen LogP contribution in [0.2, 0.25) is 0 Å². The second kappa shape index (κ2) is 3.55. The van der Waals surface area contributed by atoms with Gasteiger partial charge in [-0.25, -0.2) is 15.0 Å². The zero-order chi connectivity index (χ0) is 11.9. The molecule has 2 heterocycles. The van der Waals surface area contributed by atoms with Gasteiger partial charge in [-0.15, -0.1) is 5.10 Å². The van der Waals surface area contributed by atoms with E-state index < -0.39 is 0 Å². The number of rotatable bonds is 1. The molecule has 2 aromatic rings. The first-order valence-electron chi connectivity index (χ1n) is 5.00. The first kappa shape index (κ1) is 10.5. The molecule has 0 bridgehead atoms. The number of nitrogens with zero attached hydrogens (tertiary/aromatic N) is 5. The van der Waals surface area contributed by atoms with Gasteiger partial charge in [0, 0.05) is 5.56 Å². The summed E-state index contributed by atoms with van der Waals surface area (Å²) in [6.07, 6.45) is 0. The van der Waals surface area contributed by atoms with Crippen LogP contribution in [-0.4, -0.2) is 24.7 Å². The highest BCUT2D eigenvalue weighted by molar-refractivity contribution is 5.48. The molecule has 0 saturated heterocycles. The Morgan fingerprint density at radius 3 is 2.19 bits per heavy atom. The fraction of sp³-hybridized carbons (Fsp3) is 0.400. The van der Waals surface area contributed by atoms with Crippen LogP contribution in [0.15, 0.2) is 0 Å². The lowest BCUT2D eigenvalue weighted by atomic mass is 10.3. The SMILES string of the molecule is Cc1nc(N)c(C)c(-n2nc(C)nc2C)n1. The van der Waals surface area contributed by atoms with E-state index in [1.807, 2.05) is 20.8 Å². The van der Waals surface area contributed by atoms with Gasteiger partial charge in [0.05, 0.1) is 0 Å². The molecule has 0 aliphatic heterocycles. The Kier molecular flexibility index (Phi) is 2.34. The van der Waals surface area contributed by atoms with Gasteiger partial charge in [0.25, 0.3) is 0 Å². The molecule has 2 N–H and O–H groups in total. The number of hydrogen-bond acceptors (Lipinski definition) is 5. The molecule has 0 unspecified atom stereocenters. The van der Waals surface area contributed by atoms with Crippen molar-refractivity contribution in [3.8, 4) is 5.82 Å². The van der Waals surface area contributed by atoms with Crippen molar-refractivity contribution >= 4 is 5.82 Å². The van der Waals surface area contributed by atoms with E-state index in [-0.39, 0.29) is 0 Å².